The second-order valence-corrected chi connectivity index (χ2v) is 4.83. The average molecular weight is 193 g/mol. The van der Waals surface area contributed by atoms with E-state index in [9.17, 15) is 5.11 Å². The normalized spacial score (nSPS) is 14.1. The molecule has 0 aliphatic rings. The Labute approximate surface area is 86.0 Å². The molecule has 0 spiro atoms. The molecule has 2 nitrogen and oxygen atoms in total. The van der Waals surface area contributed by atoms with E-state index >= 15 is 0 Å². The zero-order valence-electron chi connectivity index (χ0n) is 9.41. The van der Waals surface area contributed by atoms with Crippen LogP contribution in [0.3, 0.4) is 0 Å². The average Bonchev–Trinajstić information content (AvgIpc) is 2.07. The smallest absolute Gasteiger partial charge is 0.0505 e. The highest BCUT2D eigenvalue weighted by molar-refractivity contribution is 5.19. The lowest BCUT2D eigenvalue weighted by Crippen LogP contribution is -2.21. The maximum Gasteiger partial charge on any atom is 0.0505 e. The van der Waals surface area contributed by atoms with Crippen LogP contribution in [-0.2, 0) is 0 Å². The van der Waals surface area contributed by atoms with Crippen molar-refractivity contribution in [1.82, 2.24) is 4.98 Å². The van der Waals surface area contributed by atoms with Gasteiger partial charge in [0.1, 0.15) is 0 Å². The predicted octanol–water partition coefficient (Wildman–Crippen LogP) is 2.51. The van der Waals surface area contributed by atoms with Crippen LogP contribution in [0.1, 0.15) is 37.9 Å². The Morgan fingerprint density at radius 3 is 2.36 bits per heavy atom. The zero-order valence-corrected chi connectivity index (χ0v) is 9.41. The highest BCUT2D eigenvalue weighted by Crippen LogP contribution is 2.33. The quantitative estimate of drug-likeness (QED) is 0.783. The van der Waals surface area contributed by atoms with Gasteiger partial charge in [-0.25, -0.2) is 0 Å². The summed E-state index contributed by atoms with van der Waals surface area (Å²) in [5, 5.41) is 9.36. The van der Waals surface area contributed by atoms with Gasteiger partial charge in [-0.1, -0.05) is 26.8 Å². The third-order valence-electron chi connectivity index (χ3n) is 2.56. The lowest BCUT2D eigenvalue weighted by Gasteiger charge is -2.29. The summed E-state index contributed by atoms with van der Waals surface area (Å²) in [5.41, 5.74) is 2.20. The summed E-state index contributed by atoms with van der Waals surface area (Å²) in [6.07, 6.45) is 1.86. The molecule has 1 aromatic heterocycles. The predicted molar refractivity (Wildman–Crippen MR) is 58.3 cm³/mol. The van der Waals surface area contributed by atoms with Gasteiger partial charge < -0.3 is 5.11 Å². The first kappa shape index (κ1) is 11.2. The van der Waals surface area contributed by atoms with Crippen LogP contribution in [-0.4, -0.2) is 16.7 Å². The number of aliphatic hydroxyl groups excluding tert-OH is 1. The molecular weight excluding hydrogens is 174 g/mol. The molecule has 0 aromatic carbocycles. The van der Waals surface area contributed by atoms with E-state index in [2.05, 4.69) is 31.8 Å². The molecule has 0 unspecified atom stereocenters. The minimum absolute atomic E-state index is 0.0751. The number of pyridine rings is 1. The summed E-state index contributed by atoms with van der Waals surface area (Å²) in [4.78, 5) is 4.25. The Balaban J connectivity index is 2.96. The van der Waals surface area contributed by atoms with Crippen molar-refractivity contribution >= 4 is 0 Å². The molecule has 0 fully saturated rings. The van der Waals surface area contributed by atoms with Gasteiger partial charge in [-0.15, -0.1) is 0 Å². The van der Waals surface area contributed by atoms with Gasteiger partial charge in [-0.05, 0) is 24.0 Å². The molecule has 1 N–H and O–H groups in total. The van der Waals surface area contributed by atoms with Crippen molar-refractivity contribution in [2.24, 2.45) is 5.41 Å². The van der Waals surface area contributed by atoms with Gasteiger partial charge in [0.15, 0.2) is 0 Å². The van der Waals surface area contributed by atoms with Crippen molar-refractivity contribution < 1.29 is 5.11 Å². The first-order valence-electron chi connectivity index (χ1n) is 4.98. The summed E-state index contributed by atoms with van der Waals surface area (Å²) in [6.45, 7) is 8.54. The van der Waals surface area contributed by atoms with Crippen LogP contribution in [0.5, 0.6) is 0 Å². The van der Waals surface area contributed by atoms with E-state index in [1.807, 2.05) is 19.2 Å². The van der Waals surface area contributed by atoms with E-state index < -0.39 is 0 Å². The lowest BCUT2D eigenvalue weighted by atomic mass is 9.77. The Morgan fingerprint density at radius 1 is 1.36 bits per heavy atom. The van der Waals surface area contributed by atoms with Gasteiger partial charge in [0.25, 0.3) is 0 Å². The van der Waals surface area contributed by atoms with E-state index in [1.165, 1.54) is 0 Å². The maximum absolute atomic E-state index is 9.36. The molecular formula is C12H19NO. The van der Waals surface area contributed by atoms with Crippen LogP contribution < -0.4 is 0 Å². The summed E-state index contributed by atoms with van der Waals surface area (Å²) < 4.78 is 0. The summed E-state index contributed by atoms with van der Waals surface area (Å²) in [7, 11) is 0. The fourth-order valence-electron chi connectivity index (χ4n) is 1.56. The van der Waals surface area contributed by atoms with Crippen molar-refractivity contribution in [2.45, 2.75) is 33.6 Å². The van der Waals surface area contributed by atoms with Crippen LogP contribution in [0.25, 0.3) is 0 Å². The molecule has 0 saturated heterocycles. The van der Waals surface area contributed by atoms with Crippen molar-refractivity contribution in [2.75, 3.05) is 6.61 Å². The van der Waals surface area contributed by atoms with Crippen molar-refractivity contribution in [3.8, 4) is 0 Å². The molecule has 1 aromatic rings. The molecule has 1 rings (SSSR count). The summed E-state index contributed by atoms with van der Waals surface area (Å²) in [5.74, 6) is 0.163. The molecule has 0 aliphatic heterocycles. The Kier molecular flexibility index (Phi) is 3.27. The van der Waals surface area contributed by atoms with Gasteiger partial charge >= 0.3 is 0 Å². The zero-order chi connectivity index (χ0) is 10.8. The van der Waals surface area contributed by atoms with Crippen molar-refractivity contribution in [1.29, 1.82) is 0 Å². The third kappa shape index (κ3) is 2.55. The molecule has 1 atom stereocenters. The fraction of sp³-hybridized carbons (Fsp3) is 0.583. The topological polar surface area (TPSA) is 33.1 Å². The van der Waals surface area contributed by atoms with Crippen molar-refractivity contribution in [3.63, 3.8) is 0 Å². The Morgan fingerprint density at radius 2 is 2.00 bits per heavy atom. The number of aromatic nitrogens is 1. The van der Waals surface area contributed by atoms with E-state index in [4.69, 9.17) is 0 Å². The summed E-state index contributed by atoms with van der Waals surface area (Å²) in [6, 6.07) is 4.04. The molecule has 78 valence electrons. The second kappa shape index (κ2) is 4.09. The molecule has 0 bridgehead atoms. The molecule has 0 radical (unpaired) electrons. The molecule has 0 saturated carbocycles. The number of aryl methyl sites for hydroxylation is 1. The molecule has 14 heavy (non-hydrogen) atoms. The van der Waals surface area contributed by atoms with Crippen LogP contribution in [0.4, 0.5) is 0 Å². The first-order valence-corrected chi connectivity index (χ1v) is 4.98. The van der Waals surface area contributed by atoms with Crippen LogP contribution in [0.2, 0.25) is 0 Å². The summed E-state index contributed by atoms with van der Waals surface area (Å²) >= 11 is 0. The molecule has 0 amide bonds. The third-order valence-corrected chi connectivity index (χ3v) is 2.56. The number of nitrogens with zero attached hydrogens (tertiary/aromatic N) is 1. The van der Waals surface area contributed by atoms with Crippen LogP contribution in [0, 0.1) is 12.3 Å². The van der Waals surface area contributed by atoms with Gasteiger partial charge in [-0.2, -0.15) is 0 Å². The standard InChI is InChI=1S/C12H19NO/c1-9-5-6-10(7-13-9)11(8-14)12(2,3)4/h5-7,11,14H,8H2,1-4H3/t11-/m0/s1. The van der Waals surface area contributed by atoms with Gasteiger partial charge in [0.05, 0.1) is 6.61 Å². The first-order chi connectivity index (χ1) is 6.45. The van der Waals surface area contributed by atoms with E-state index in [0.29, 0.717) is 0 Å². The molecule has 2 heteroatoms. The fourth-order valence-corrected chi connectivity index (χ4v) is 1.56. The monoisotopic (exact) mass is 193 g/mol. The maximum atomic E-state index is 9.36. The number of hydrogen-bond acceptors (Lipinski definition) is 2. The molecule has 1 heterocycles. The number of hydrogen-bond donors (Lipinski definition) is 1. The number of aliphatic hydroxyl groups is 1. The minimum Gasteiger partial charge on any atom is -0.396 e. The van der Waals surface area contributed by atoms with E-state index in [0.717, 1.165) is 11.3 Å². The lowest BCUT2D eigenvalue weighted by molar-refractivity contribution is 0.186. The largest absolute Gasteiger partial charge is 0.396 e. The minimum atomic E-state index is 0.0751. The second-order valence-electron chi connectivity index (χ2n) is 4.83. The van der Waals surface area contributed by atoms with Crippen molar-refractivity contribution in [3.05, 3.63) is 29.6 Å². The Bertz CT molecular complexity index is 284. The van der Waals surface area contributed by atoms with Gasteiger partial charge in [-0.3, -0.25) is 4.98 Å². The number of rotatable bonds is 2. The Hall–Kier alpha value is -0.890. The SMILES string of the molecule is Cc1ccc([C@H](CO)C(C)(C)C)cn1. The van der Waals surface area contributed by atoms with Gasteiger partial charge in [0, 0.05) is 17.8 Å². The highest BCUT2D eigenvalue weighted by atomic mass is 16.3. The van der Waals surface area contributed by atoms with Crippen LogP contribution >= 0.6 is 0 Å². The van der Waals surface area contributed by atoms with Gasteiger partial charge in [0.2, 0.25) is 0 Å². The van der Waals surface area contributed by atoms with E-state index in [-0.39, 0.29) is 17.9 Å². The molecule has 0 aliphatic carbocycles. The van der Waals surface area contributed by atoms with E-state index in [1.54, 1.807) is 0 Å². The highest BCUT2D eigenvalue weighted by Gasteiger charge is 2.25. The van der Waals surface area contributed by atoms with Crippen LogP contribution in [0.15, 0.2) is 18.3 Å².